The van der Waals surface area contributed by atoms with Gasteiger partial charge in [0.05, 0.1) is 35.6 Å². The second-order valence-electron chi connectivity index (χ2n) is 5.56. The Balaban J connectivity index is 1.87. The van der Waals surface area contributed by atoms with E-state index in [0.29, 0.717) is 5.69 Å². The highest BCUT2D eigenvalue weighted by Crippen LogP contribution is 2.26. The predicted octanol–water partition coefficient (Wildman–Crippen LogP) is 3.55. The van der Waals surface area contributed by atoms with Crippen LogP contribution in [0.5, 0.6) is 0 Å². The maximum atomic E-state index is 13.5. The normalized spacial score (nSPS) is 12.4. The highest BCUT2D eigenvalue weighted by Gasteiger charge is 2.19. The lowest BCUT2D eigenvalue weighted by Gasteiger charge is -2.17. The fourth-order valence-corrected chi connectivity index (χ4v) is 2.45. The molecule has 11 heteroatoms. The van der Waals surface area contributed by atoms with Crippen molar-refractivity contribution in [1.82, 2.24) is 19.6 Å². The van der Waals surface area contributed by atoms with Gasteiger partial charge in [-0.2, -0.15) is 4.39 Å². The number of carbonyl (C=O) groups excluding carboxylic acids is 1. The smallest absolute Gasteiger partial charge is 0.323 e. The molecule has 3 aromatic rings. The van der Waals surface area contributed by atoms with Crippen molar-refractivity contribution in [2.75, 3.05) is 17.7 Å². The van der Waals surface area contributed by atoms with Gasteiger partial charge in [0.1, 0.15) is 0 Å². The maximum Gasteiger partial charge on any atom is 0.323 e. The van der Waals surface area contributed by atoms with E-state index >= 15 is 0 Å². The minimum Gasteiger partial charge on any atom is -0.375 e. The highest BCUT2D eigenvalue weighted by molar-refractivity contribution is 6.00. The second-order valence-corrected chi connectivity index (χ2v) is 5.56. The van der Waals surface area contributed by atoms with Crippen LogP contribution in [-0.4, -0.2) is 32.7 Å². The molecule has 0 unspecified atom stereocenters. The molecule has 0 bridgehead atoms. The van der Waals surface area contributed by atoms with E-state index in [-0.39, 0.29) is 22.6 Å². The van der Waals surface area contributed by atoms with Crippen molar-refractivity contribution in [3.05, 3.63) is 47.9 Å². The van der Waals surface area contributed by atoms with Crippen molar-refractivity contribution in [2.24, 2.45) is 0 Å². The number of ether oxygens (including phenoxy) is 1. The van der Waals surface area contributed by atoms with Crippen LogP contribution in [0.4, 0.5) is 29.3 Å². The molecule has 0 saturated heterocycles. The Bertz CT molecular complexity index is 978. The molecule has 1 atom stereocenters. The van der Waals surface area contributed by atoms with Crippen LogP contribution in [0.3, 0.4) is 0 Å². The molecule has 0 aliphatic rings. The van der Waals surface area contributed by atoms with Gasteiger partial charge in [0, 0.05) is 24.9 Å². The Labute approximate surface area is 151 Å². The van der Waals surface area contributed by atoms with Gasteiger partial charge in [0.25, 0.3) is 6.43 Å². The first-order valence-electron chi connectivity index (χ1n) is 7.77. The molecule has 3 heterocycles. The topological polar surface area (TPSA) is 93.4 Å². The second kappa shape index (κ2) is 7.58. The number of rotatable bonds is 5. The zero-order chi connectivity index (χ0) is 19.6. The molecule has 8 nitrogen and oxygen atoms in total. The van der Waals surface area contributed by atoms with E-state index < -0.39 is 24.5 Å². The van der Waals surface area contributed by atoms with Crippen LogP contribution in [-0.2, 0) is 4.74 Å². The molecule has 142 valence electrons. The molecular weight excluding hydrogens is 365 g/mol. The third-order valence-electron chi connectivity index (χ3n) is 3.75. The van der Waals surface area contributed by atoms with E-state index in [0.717, 1.165) is 18.3 Å². The zero-order valence-electron chi connectivity index (χ0n) is 14.3. The highest BCUT2D eigenvalue weighted by atomic mass is 19.3. The molecule has 0 fully saturated rings. The number of alkyl halides is 2. The standard InChI is InChI=1S/C16H15F3N6O2/c1-8(27-2)14-11(7-21-13-4-12(17)24-25(13)14)23-16(26)22-10-3-9(15(18)19)5-20-6-10/h3-8,15H,1-2H3,(H2,22,23,26)/t8-/m0/s1. The summed E-state index contributed by atoms with van der Waals surface area (Å²) in [6, 6.07) is 1.53. The number of pyridine rings is 1. The van der Waals surface area contributed by atoms with E-state index in [1.165, 1.54) is 24.0 Å². The minimum atomic E-state index is -2.71. The van der Waals surface area contributed by atoms with Gasteiger partial charge in [-0.25, -0.2) is 23.1 Å². The largest absolute Gasteiger partial charge is 0.375 e. The Kier molecular flexibility index (Phi) is 5.21. The number of anilines is 2. The minimum absolute atomic E-state index is 0.0887. The molecule has 2 N–H and O–H groups in total. The van der Waals surface area contributed by atoms with Crippen molar-refractivity contribution in [1.29, 1.82) is 0 Å². The number of methoxy groups -OCH3 is 1. The molecule has 3 aromatic heterocycles. The summed E-state index contributed by atoms with van der Waals surface area (Å²) in [6.07, 6.45) is 0.311. The van der Waals surface area contributed by atoms with E-state index in [1.807, 2.05) is 0 Å². The van der Waals surface area contributed by atoms with Crippen LogP contribution in [0, 0.1) is 5.95 Å². The van der Waals surface area contributed by atoms with Crippen molar-refractivity contribution < 1.29 is 22.7 Å². The molecule has 3 rings (SSSR count). The summed E-state index contributed by atoms with van der Waals surface area (Å²) in [5.41, 5.74) is 0.588. The van der Waals surface area contributed by atoms with Crippen LogP contribution in [0.15, 0.2) is 30.7 Å². The van der Waals surface area contributed by atoms with Crippen molar-refractivity contribution in [3.8, 4) is 0 Å². The number of nitrogens with zero attached hydrogens (tertiary/aromatic N) is 4. The first-order chi connectivity index (χ1) is 12.9. The number of fused-ring (bicyclic) bond motifs is 1. The van der Waals surface area contributed by atoms with Crippen LogP contribution in [0.1, 0.15) is 30.7 Å². The third-order valence-corrected chi connectivity index (χ3v) is 3.75. The average molecular weight is 380 g/mol. The summed E-state index contributed by atoms with van der Waals surface area (Å²) in [5, 5.41) is 8.65. The summed E-state index contributed by atoms with van der Waals surface area (Å²) < 4.78 is 45.4. The van der Waals surface area contributed by atoms with Crippen LogP contribution in [0.2, 0.25) is 0 Å². The van der Waals surface area contributed by atoms with Crippen molar-refractivity contribution in [2.45, 2.75) is 19.5 Å². The Hall–Kier alpha value is -3.21. The van der Waals surface area contributed by atoms with Crippen LogP contribution in [0.25, 0.3) is 5.65 Å². The van der Waals surface area contributed by atoms with E-state index in [4.69, 9.17) is 4.74 Å². The summed E-state index contributed by atoms with van der Waals surface area (Å²) in [7, 11) is 1.45. The van der Waals surface area contributed by atoms with Crippen LogP contribution >= 0.6 is 0 Å². The first-order valence-corrected chi connectivity index (χ1v) is 7.77. The number of carbonyl (C=O) groups is 1. The van der Waals surface area contributed by atoms with E-state index in [1.54, 1.807) is 6.92 Å². The lowest BCUT2D eigenvalue weighted by molar-refractivity contribution is 0.114. The van der Waals surface area contributed by atoms with Gasteiger partial charge < -0.3 is 15.4 Å². The van der Waals surface area contributed by atoms with Gasteiger partial charge in [-0.15, -0.1) is 5.10 Å². The molecule has 0 aliphatic heterocycles. The van der Waals surface area contributed by atoms with Gasteiger partial charge >= 0.3 is 6.03 Å². The summed E-state index contributed by atoms with van der Waals surface area (Å²) in [5.74, 6) is -0.733. The maximum absolute atomic E-state index is 13.5. The molecular formula is C16H15F3N6O2. The molecule has 27 heavy (non-hydrogen) atoms. The van der Waals surface area contributed by atoms with E-state index in [9.17, 15) is 18.0 Å². The Morgan fingerprint density at radius 1 is 1.22 bits per heavy atom. The number of hydrogen-bond acceptors (Lipinski definition) is 5. The molecule has 0 radical (unpaired) electrons. The number of aromatic nitrogens is 4. The lowest BCUT2D eigenvalue weighted by Crippen LogP contribution is -2.22. The van der Waals surface area contributed by atoms with Gasteiger partial charge in [-0.3, -0.25) is 4.98 Å². The molecule has 2 amide bonds. The van der Waals surface area contributed by atoms with Gasteiger partial charge in [-0.05, 0) is 13.0 Å². The molecule has 0 aliphatic carbocycles. The molecule has 0 saturated carbocycles. The number of urea groups is 1. The average Bonchev–Trinajstić information content (AvgIpc) is 3.01. The van der Waals surface area contributed by atoms with Crippen LogP contribution < -0.4 is 10.6 Å². The Morgan fingerprint density at radius 2 is 2.00 bits per heavy atom. The van der Waals surface area contributed by atoms with E-state index in [2.05, 4.69) is 25.7 Å². The number of nitrogens with one attached hydrogen (secondary N) is 2. The van der Waals surface area contributed by atoms with Gasteiger partial charge in [0.2, 0.25) is 5.95 Å². The predicted molar refractivity (Wildman–Crippen MR) is 90.2 cm³/mol. The molecule has 0 aromatic carbocycles. The lowest BCUT2D eigenvalue weighted by atomic mass is 10.2. The fourth-order valence-electron chi connectivity index (χ4n) is 2.45. The zero-order valence-corrected chi connectivity index (χ0v) is 14.3. The summed E-state index contributed by atoms with van der Waals surface area (Å²) >= 11 is 0. The number of amides is 2. The number of halogens is 3. The summed E-state index contributed by atoms with van der Waals surface area (Å²) in [4.78, 5) is 19.9. The van der Waals surface area contributed by atoms with Gasteiger partial charge in [0.15, 0.2) is 5.65 Å². The Morgan fingerprint density at radius 3 is 2.70 bits per heavy atom. The first kappa shape index (κ1) is 18.6. The molecule has 0 spiro atoms. The van der Waals surface area contributed by atoms with Crippen molar-refractivity contribution >= 4 is 23.1 Å². The monoisotopic (exact) mass is 380 g/mol. The number of hydrogen-bond donors (Lipinski definition) is 2. The van der Waals surface area contributed by atoms with Gasteiger partial charge in [-0.1, -0.05) is 0 Å². The third kappa shape index (κ3) is 3.97. The summed E-state index contributed by atoms with van der Waals surface area (Å²) in [6.45, 7) is 1.69. The fraction of sp³-hybridized carbons (Fsp3) is 0.250. The van der Waals surface area contributed by atoms with Crippen molar-refractivity contribution in [3.63, 3.8) is 0 Å². The SMILES string of the molecule is CO[C@@H](C)c1c(NC(=O)Nc2cncc(C(F)F)c2)cnc2cc(F)nn12. The quantitative estimate of drug-likeness (QED) is 0.706.